The van der Waals surface area contributed by atoms with Crippen molar-refractivity contribution in [1.29, 1.82) is 0 Å². The van der Waals surface area contributed by atoms with Crippen LogP contribution in [-0.2, 0) is 9.63 Å². The second-order valence-electron chi connectivity index (χ2n) is 5.78. The molecule has 0 aliphatic carbocycles. The summed E-state index contributed by atoms with van der Waals surface area (Å²) in [6.45, 7) is 0. The predicted octanol–water partition coefficient (Wildman–Crippen LogP) is 3.00. The quantitative estimate of drug-likeness (QED) is 0.824. The van der Waals surface area contributed by atoms with Crippen molar-refractivity contribution in [2.24, 2.45) is 5.16 Å². The van der Waals surface area contributed by atoms with Crippen LogP contribution in [0.15, 0.2) is 47.6 Å². The van der Waals surface area contributed by atoms with E-state index in [1.807, 2.05) is 0 Å². The number of rotatable bonds is 5. The van der Waals surface area contributed by atoms with Crippen molar-refractivity contribution in [3.8, 4) is 11.5 Å². The average Bonchev–Trinajstić information content (AvgIpc) is 3.16. The number of methoxy groups -OCH3 is 2. The van der Waals surface area contributed by atoms with Crippen LogP contribution in [0.4, 0.5) is 10.1 Å². The number of benzene rings is 2. The summed E-state index contributed by atoms with van der Waals surface area (Å²) < 4.78 is 23.8. The van der Waals surface area contributed by atoms with E-state index in [4.69, 9.17) is 14.3 Å². The number of anilines is 1. The number of ether oxygens (including phenoxy) is 2. The topological polar surface area (TPSA) is 60.4 Å². The lowest BCUT2D eigenvalue weighted by Gasteiger charge is -2.21. The summed E-state index contributed by atoms with van der Waals surface area (Å²) in [6, 6.07) is 11.2. The Kier molecular flexibility index (Phi) is 5.06. The first-order valence-electron chi connectivity index (χ1n) is 8.01. The van der Waals surface area contributed by atoms with E-state index in [1.165, 1.54) is 24.1 Å². The molecule has 1 atom stereocenters. The highest BCUT2D eigenvalue weighted by atomic mass is 19.1. The highest BCUT2D eigenvalue weighted by molar-refractivity contribution is 6.06. The van der Waals surface area contributed by atoms with E-state index in [9.17, 15) is 9.18 Å². The molecule has 0 aromatic heterocycles. The molecule has 1 amide bonds. The number of oxime groups is 1. The summed E-state index contributed by atoms with van der Waals surface area (Å²) in [7, 11) is 4.72. The molecule has 0 saturated heterocycles. The molecule has 0 radical (unpaired) electrons. The van der Waals surface area contributed by atoms with Crippen LogP contribution in [0, 0.1) is 5.82 Å². The van der Waals surface area contributed by atoms with Crippen LogP contribution in [0.3, 0.4) is 0 Å². The summed E-state index contributed by atoms with van der Waals surface area (Å²) in [4.78, 5) is 19.5. The number of carbonyl (C=O) groups excluding carboxylic acids is 1. The number of amides is 1. The zero-order chi connectivity index (χ0) is 18.7. The fourth-order valence-corrected chi connectivity index (χ4v) is 2.73. The van der Waals surface area contributed by atoms with Gasteiger partial charge in [-0.1, -0.05) is 17.3 Å². The van der Waals surface area contributed by atoms with Gasteiger partial charge < -0.3 is 19.2 Å². The van der Waals surface area contributed by atoms with E-state index in [-0.39, 0.29) is 18.1 Å². The molecule has 0 saturated carbocycles. The number of hydrogen-bond acceptors (Lipinski definition) is 5. The lowest BCUT2D eigenvalue weighted by atomic mass is 10.0. The van der Waals surface area contributed by atoms with Crippen molar-refractivity contribution in [1.82, 2.24) is 0 Å². The minimum absolute atomic E-state index is 0.257. The Morgan fingerprint density at radius 2 is 1.96 bits per heavy atom. The van der Waals surface area contributed by atoms with Gasteiger partial charge in [-0.3, -0.25) is 4.79 Å². The first-order valence-corrected chi connectivity index (χ1v) is 8.01. The van der Waals surface area contributed by atoms with Crippen LogP contribution in [-0.4, -0.2) is 39.0 Å². The minimum atomic E-state index is -0.758. The Bertz CT molecular complexity index is 853. The lowest BCUT2D eigenvalue weighted by Crippen LogP contribution is -2.36. The second kappa shape index (κ2) is 7.43. The smallest absolute Gasteiger partial charge is 0.271 e. The molecule has 1 aliphatic heterocycles. The Balaban J connectivity index is 1.72. The summed E-state index contributed by atoms with van der Waals surface area (Å²) in [5.74, 6) is 0.481. The molecular weight excluding hydrogens is 339 g/mol. The maximum absolute atomic E-state index is 13.4. The van der Waals surface area contributed by atoms with Crippen LogP contribution in [0.25, 0.3) is 0 Å². The maximum atomic E-state index is 13.4. The molecule has 0 bridgehead atoms. The lowest BCUT2D eigenvalue weighted by molar-refractivity contribution is -0.128. The van der Waals surface area contributed by atoms with Crippen molar-refractivity contribution in [3.05, 3.63) is 53.8 Å². The fraction of sp³-hybridized carbons (Fsp3) is 0.263. The highest BCUT2D eigenvalue weighted by Crippen LogP contribution is 2.32. The van der Waals surface area contributed by atoms with Gasteiger partial charge in [0, 0.05) is 30.8 Å². The zero-order valence-electron chi connectivity index (χ0n) is 14.7. The number of hydrogen-bond donors (Lipinski definition) is 0. The van der Waals surface area contributed by atoms with E-state index in [2.05, 4.69) is 5.16 Å². The van der Waals surface area contributed by atoms with E-state index in [0.29, 0.717) is 28.5 Å². The van der Waals surface area contributed by atoms with Gasteiger partial charge in [-0.25, -0.2) is 4.39 Å². The highest BCUT2D eigenvalue weighted by Gasteiger charge is 2.32. The first kappa shape index (κ1) is 17.7. The summed E-state index contributed by atoms with van der Waals surface area (Å²) >= 11 is 0. The largest absolute Gasteiger partial charge is 0.493 e. The van der Waals surface area contributed by atoms with Gasteiger partial charge in [-0.2, -0.15) is 0 Å². The van der Waals surface area contributed by atoms with Crippen LogP contribution >= 0.6 is 0 Å². The third-order valence-corrected chi connectivity index (χ3v) is 4.19. The molecule has 0 N–H and O–H groups in total. The zero-order valence-corrected chi connectivity index (χ0v) is 14.7. The molecule has 6 nitrogen and oxygen atoms in total. The molecular formula is C19H19FN2O4. The summed E-state index contributed by atoms with van der Waals surface area (Å²) in [6.07, 6.45) is -0.480. The molecule has 1 heterocycles. The van der Waals surface area contributed by atoms with Gasteiger partial charge in [0.05, 0.1) is 19.9 Å². The molecule has 7 heteroatoms. The molecule has 2 aromatic carbocycles. The standard InChI is InChI=1S/C19H19FN2O4/c1-22(14-7-8-16(24-2)17(10-14)25-3)19(23)18-11-15(21-26-18)12-5-4-6-13(20)9-12/h4-10,18H,11H2,1-3H3. The Morgan fingerprint density at radius 3 is 2.65 bits per heavy atom. The Morgan fingerprint density at radius 1 is 1.19 bits per heavy atom. The fourth-order valence-electron chi connectivity index (χ4n) is 2.73. The molecule has 3 rings (SSSR count). The molecule has 26 heavy (non-hydrogen) atoms. The monoisotopic (exact) mass is 358 g/mol. The van der Waals surface area contributed by atoms with Crippen molar-refractivity contribution in [3.63, 3.8) is 0 Å². The summed E-state index contributed by atoms with van der Waals surface area (Å²) in [5.41, 5.74) is 1.79. The van der Waals surface area contributed by atoms with Gasteiger partial charge in [-0.15, -0.1) is 0 Å². The van der Waals surface area contributed by atoms with E-state index in [0.717, 1.165) is 0 Å². The normalized spacial score (nSPS) is 15.8. The van der Waals surface area contributed by atoms with Crippen molar-refractivity contribution < 1.29 is 23.5 Å². The van der Waals surface area contributed by atoms with Crippen molar-refractivity contribution in [2.75, 3.05) is 26.2 Å². The number of halogens is 1. The number of nitrogens with zero attached hydrogens (tertiary/aromatic N) is 2. The van der Waals surface area contributed by atoms with Crippen LogP contribution in [0.5, 0.6) is 11.5 Å². The first-order chi connectivity index (χ1) is 12.5. The van der Waals surface area contributed by atoms with Crippen molar-refractivity contribution in [2.45, 2.75) is 12.5 Å². The number of likely N-dealkylation sites (N-methyl/N-ethyl adjacent to an activating group) is 1. The number of carbonyl (C=O) groups is 1. The molecule has 0 spiro atoms. The molecule has 2 aromatic rings. The Hall–Kier alpha value is -3.09. The molecule has 1 unspecified atom stereocenters. The van der Waals surface area contributed by atoms with E-state index >= 15 is 0 Å². The van der Waals surface area contributed by atoms with Crippen molar-refractivity contribution >= 4 is 17.3 Å². The van der Waals surface area contributed by atoms with E-state index < -0.39 is 6.10 Å². The van der Waals surface area contributed by atoms with Crippen LogP contribution in [0.2, 0.25) is 0 Å². The van der Waals surface area contributed by atoms with Gasteiger partial charge in [-0.05, 0) is 24.3 Å². The third-order valence-electron chi connectivity index (χ3n) is 4.19. The molecule has 1 aliphatic rings. The predicted molar refractivity (Wildman–Crippen MR) is 95.4 cm³/mol. The van der Waals surface area contributed by atoms with Crippen LogP contribution in [0.1, 0.15) is 12.0 Å². The third kappa shape index (κ3) is 3.46. The van der Waals surface area contributed by atoms with Gasteiger partial charge >= 0.3 is 0 Å². The Labute approximate surface area is 150 Å². The van der Waals surface area contributed by atoms with Gasteiger partial charge in [0.2, 0.25) is 6.10 Å². The second-order valence-corrected chi connectivity index (χ2v) is 5.78. The summed E-state index contributed by atoms with van der Waals surface area (Å²) in [5, 5.41) is 3.94. The molecule has 136 valence electrons. The minimum Gasteiger partial charge on any atom is -0.493 e. The van der Waals surface area contributed by atoms with Gasteiger partial charge in [0.1, 0.15) is 5.82 Å². The SMILES string of the molecule is COc1ccc(N(C)C(=O)C2CC(c3cccc(F)c3)=NO2)cc1OC. The van der Waals surface area contributed by atoms with Gasteiger partial charge in [0.15, 0.2) is 11.5 Å². The van der Waals surface area contributed by atoms with E-state index in [1.54, 1.807) is 44.5 Å². The van der Waals surface area contributed by atoms with Gasteiger partial charge in [0.25, 0.3) is 5.91 Å². The average molecular weight is 358 g/mol. The molecule has 0 fully saturated rings. The van der Waals surface area contributed by atoms with Crippen LogP contribution < -0.4 is 14.4 Å². The maximum Gasteiger partial charge on any atom is 0.271 e.